The molecule has 0 aromatic heterocycles. The van der Waals surface area contributed by atoms with Crippen LogP contribution in [0.4, 0.5) is 17.1 Å². The Morgan fingerprint density at radius 2 is 0.930 bits per heavy atom. The number of rotatable bonds is 5. The summed E-state index contributed by atoms with van der Waals surface area (Å²) < 4.78 is 0. The average molecular weight is 788 g/mol. The van der Waals surface area contributed by atoms with Gasteiger partial charge in [0.15, 0.2) is 5.82 Å². The number of benzene rings is 3. The van der Waals surface area contributed by atoms with E-state index < -0.39 is 4.92 Å². The van der Waals surface area contributed by atoms with Crippen LogP contribution in [0.15, 0.2) is 131 Å². The lowest BCUT2D eigenvalue weighted by atomic mass is 9.99. The zero-order valence-electron chi connectivity index (χ0n) is 34.0. The molecule has 11 N–H and O–H groups in total. The molecule has 0 atom stereocenters. The summed E-state index contributed by atoms with van der Waals surface area (Å²) in [6.07, 6.45) is 4.00. The Hall–Kier alpha value is -5.68. The van der Waals surface area contributed by atoms with Crippen molar-refractivity contribution in [2.75, 3.05) is 35.6 Å². The van der Waals surface area contributed by atoms with Crippen LogP contribution in [0.3, 0.4) is 0 Å². The van der Waals surface area contributed by atoms with Crippen LogP contribution in [0.25, 0.3) is 0 Å². The van der Waals surface area contributed by atoms with Crippen molar-refractivity contribution < 1.29 is 4.92 Å². The van der Waals surface area contributed by atoms with E-state index in [9.17, 15) is 10.1 Å². The zero-order valence-corrected chi connectivity index (χ0v) is 34.0. The van der Waals surface area contributed by atoms with E-state index in [1.807, 2.05) is 13.8 Å². The first-order valence-electron chi connectivity index (χ1n) is 18.4. The molecule has 0 radical (unpaired) electrons. The second kappa shape index (κ2) is 30.5. The fraction of sp³-hybridized carbons (Fsp3) is 0.391. The highest BCUT2D eigenvalue weighted by atomic mass is 16.6. The van der Waals surface area contributed by atoms with E-state index in [2.05, 4.69) is 148 Å². The summed E-state index contributed by atoms with van der Waals surface area (Å²) in [6, 6.07) is 25.4. The monoisotopic (exact) mass is 788 g/mol. The van der Waals surface area contributed by atoms with Crippen molar-refractivity contribution in [3.63, 3.8) is 0 Å². The van der Waals surface area contributed by atoms with Gasteiger partial charge in [-0.15, -0.1) is 0 Å². The van der Waals surface area contributed by atoms with Gasteiger partial charge in [-0.05, 0) is 133 Å². The number of allylic oxidation sites excluding steroid dienone is 6. The maximum absolute atomic E-state index is 9.69. The summed E-state index contributed by atoms with van der Waals surface area (Å²) >= 11 is 0. The van der Waals surface area contributed by atoms with Crippen LogP contribution in [-0.4, -0.2) is 24.6 Å². The molecule has 57 heavy (non-hydrogen) atoms. The van der Waals surface area contributed by atoms with Gasteiger partial charge in [-0.2, -0.15) is 0 Å². The summed E-state index contributed by atoms with van der Waals surface area (Å²) in [5.74, 6) is 0.625. The third-order valence-corrected chi connectivity index (χ3v) is 8.34. The molecule has 3 aromatic rings. The van der Waals surface area contributed by atoms with Crippen molar-refractivity contribution in [1.82, 2.24) is 10.6 Å². The predicted octanol–water partition coefficient (Wildman–Crippen LogP) is 10.4. The summed E-state index contributed by atoms with van der Waals surface area (Å²) in [5.41, 5.74) is 31.3. The van der Waals surface area contributed by atoms with Gasteiger partial charge in [-0.3, -0.25) is 10.1 Å². The van der Waals surface area contributed by atoms with Crippen molar-refractivity contribution in [3.8, 4) is 0 Å². The molecule has 0 unspecified atom stereocenters. The van der Waals surface area contributed by atoms with Crippen molar-refractivity contribution in [3.05, 3.63) is 158 Å². The molecule has 11 nitrogen and oxygen atoms in total. The zero-order chi connectivity index (χ0) is 40.6. The molecule has 0 saturated heterocycles. The molecule has 11 heteroatoms. The molecule has 3 aromatic carbocycles. The topological polar surface area (TPSA) is 181 Å². The van der Waals surface area contributed by atoms with Gasteiger partial charge in [0.25, 0.3) is 6.20 Å². The maximum Gasteiger partial charge on any atom is 0.273 e. The second-order valence-corrected chi connectivity index (χ2v) is 13.0. The molecule has 0 saturated carbocycles. The van der Waals surface area contributed by atoms with E-state index in [1.165, 1.54) is 67.6 Å². The van der Waals surface area contributed by atoms with Gasteiger partial charge < -0.3 is 43.8 Å². The third kappa shape index (κ3) is 21.9. The highest BCUT2D eigenvalue weighted by Gasteiger charge is 2.12. The molecule has 3 aliphatic rings. The Morgan fingerprint density at radius 3 is 1.16 bits per heavy atom. The first-order valence-corrected chi connectivity index (χ1v) is 18.4. The van der Waals surface area contributed by atoms with Crippen molar-refractivity contribution in [1.29, 1.82) is 0 Å². The lowest BCUT2D eigenvalue weighted by molar-refractivity contribution is -0.403. The number of nitrogens with one attached hydrogen (secondary N) is 5. The number of nitro groups is 1. The van der Waals surface area contributed by atoms with Crippen molar-refractivity contribution in [2.24, 2.45) is 17.2 Å². The molecule has 6 rings (SSSR count). The molecular formula is C46H77N9O2. The largest absolute Gasteiger partial charge is 0.386 e. The number of para-hydroxylation sites is 3. The second-order valence-electron chi connectivity index (χ2n) is 13.0. The Balaban J connectivity index is -0.000000631. The molecule has 3 heterocycles. The number of hydrogen-bond donors (Lipinski definition) is 8. The number of hydrogen-bond acceptors (Lipinski definition) is 10. The van der Waals surface area contributed by atoms with Crippen LogP contribution >= 0.6 is 0 Å². The highest BCUT2D eigenvalue weighted by molar-refractivity contribution is 5.61. The van der Waals surface area contributed by atoms with Crippen LogP contribution in [0, 0.1) is 10.1 Å². The summed E-state index contributed by atoms with van der Waals surface area (Å²) in [6.45, 7) is 24.2. The lowest BCUT2D eigenvalue weighted by Gasteiger charge is -2.20. The van der Waals surface area contributed by atoms with Gasteiger partial charge in [0.1, 0.15) is 0 Å². The molecule has 0 aliphatic carbocycles. The Morgan fingerprint density at radius 1 is 0.649 bits per heavy atom. The van der Waals surface area contributed by atoms with E-state index in [-0.39, 0.29) is 28.1 Å². The normalized spacial score (nSPS) is 12.6. The van der Waals surface area contributed by atoms with Crippen LogP contribution in [0.5, 0.6) is 0 Å². The van der Waals surface area contributed by atoms with E-state index >= 15 is 0 Å². The number of nitrogens with two attached hydrogens (primary N) is 3. The predicted molar refractivity (Wildman–Crippen MR) is 251 cm³/mol. The fourth-order valence-electron chi connectivity index (χ4n) is 5.16. The smallest absolute Gasteiger partial charge is 0.273 e. The van der Waals surface area contributed by atoms with Crippen molar-refractivity contribution in [2.45, 2.75) is 104 Å². The van der Waals surface area contributed by atoms with Crippen LogP contribution < -0.4 is 43.8 Å². The van der Waals surface area contributed by atoms with Gasteiger partial charge in [0, 0.05) is 47.2 Å². The van der Waals surface area contributed by atoms with Gasteiger partial charge in [-0.1, -0.05) is 90.4 Å². The first-order chi connectivity index (χ1) is 25.7. The van der Waals surface area contributed by atoms with Crippen LogP contribution in [0.1, 0.15) is 101 Å². The minimum absolute atomic E-state index is 0. The minimum atomic E-state index is -0.599. The highest BCUT2D eigenvalue weighted by Crippen LogP contribution is 2.28. The molecule has 3 aliphatic heterocycles. The number of anilines is 3. The quantitative estimate of drug-likeness (QED) is 0.0915. The fourth-order valence-corrected chi connectivity index (χ4v) is 5.16. The van der Waals surface area contributed by atoms with E-state index in [4.69, 9.17) is 17.2 Å². The third-order valence-electron chi connectivity index (χ3n) is 8.34. The number of nitrogens with zero attached hydrogens (tertiary/aromatic N) is 1. The minimum Gasteiger partial charge on any atom is -0.386 e. The Bertz CT molecular complexity index is 1510. The average Bonchev–Trinajstić information content (AvgIpc) is 3.11. The molecule has 0 fully saturated rings. The van der Waals surface area contributed by atoms with Crippen LogP contribution in [-0.2, 0) is 19.3 Å². The molecule has 0 amide bonds. The van der Waals surface area contributed by atoms with E-state index in [0.717, 1.165) is 38.6 Å². The summed E-state index contributed by atoms with van der Waals surface area (Å²) in [7, 11) is 0. The van der Waals surface area contributed by atoms with Gasteiger partial charge in [0.2, 0.25) is 0 Å². The van der Waals surface area contributed by atoms with Gasteiger partial charge >= 0.3 is 0 Å². The molecule has 0 spiro atoms. The van der Waals surface area contributed by atoms with Gasteiger partial charge in [-0.25, -0.2) is 0 Å². The Labute approximate surface area is 346 Å². The maximum atomic E-state index is 9.69. The van der Waals surface area contributed by atoms with Crippen LogP contribution in [0.2, 0.25) is 0 Å². The van der Waals surface area contributed by atoms with E-state index in [0.29, 0.717) is 12.4 Å². The van der Waals surface area contributed by atoms with E-state index in [1.54, 1.807) is 6.92 Å². The number of fused-ring (bicyclic) bond motifs is 3. The first kappa shape index (κ1) is 55.7. The van der Waals surface area contributed by atoms with Gasteiger partial charge in [0.05, 0.1) is 10.7 Å². The lowest BCUT2D eigenvalue weighted by Crippen LogP contribution is -2.20. The SMILES string of the molecule is C.C.C.C=C(N)NCC.CC1=C(C)Nc2ccccc2C1.CC1=C(C)Nc2ccccc2C1.CC1=C(C)Nc2ccccc2C1.CCN.CCN/C(N)=C/[N+](=O)[O-]. The molecule has 318 valence electrons. The standard InChI is InChI=1S/3C11H13N.C4H9N3O2.C4H10N2.C2H7N.3CH4/c3*1-8-7-10-5-3-4-6-11(10)12-9(8)2;1-2-6-4(5)3-7(8)9;1-3-6-4(2)5;1-2-3;;;/h3*3-6,12H,7H2,1-2H3;3,6H,2,5H2,1H3;6H,2-3,5H2,1H3;2-3H2,1H3;3*1H4/b;;;4-3+;;;;;. The molecule has 0 bridgehead atoms. The summed E-state index contributed by atoms with van der Waals surface area (Å²) in [5, 5.41) is 25.2. The summed E-state index contributed by atoms with van der Waals surface area (Å²) in [4.78, 5) is 9.09. The van der Waals surface area contributed by atoms with Crippen molar-refractivity contribution >= 4 is 17.1 Å². The molecular weight excluding hydrogens is 711 g/mol. The Kier molecular flexibility index (Phi) is 29.8.